The van der Waals surface area contributed by atoms with Gasteiger partial charge in [0.2, 0.25) is 5.88 Å². The number of aliphatic carboxylic acids is 1. The van der Waals surface area contributed by atoms with Crippen LogP contribution in [0.2, 0.25) is 0 Å². The lowest BCUT2D eigenvalue weighted by atomic mass is 10.4. The van der Waals surface area contributed by atoms with E-state index in [2.05, 4.69) is 10.3 Å². The second-order valence-corrected chi connectivity index (χ2v) is 3.99. The summed E-state index contributed by atoms with van der Waals surface area (Å²) in [6.07, 6.45) is 1.88. The van der Waals surface area contributed by atoms with Gasteiger partial charge in [0, 0.05) is 18.1 Å². The zero-order valence-corrected chi connectivity index (χ0v) is 9.45. The summed E-state index contributed by atoms with van der Waals surface area (Å²) in [5.41, 5.74) is 0.833. The molecule has 0 fully saturated rings. The van der Waals surface area contributed by atoms with Crippen molar-refractivity contribution in [3.63, 3.8) is 0 Å². The average molecular weight is 241 g/mol. The molecule has 0 saturated heterocycles. The van der Waals surface area contributed by atoms with E-state index < -0.39 is 5.97 Å². The quantitative estimate of drug-likeness (QED) is 0.800. The number of aromatic nitrogens is 2. The summed E-state index contributed by atoms with van der Waals surface area (Å²) < 4.78 is 7.02. The van der Waals surface area contributed by atoms with Gasteiger partial charge >= 0.3 is 5.97 Å². The van der Waals surface area contributed by atoms with Crippen LogP contribution in [0.4, 0.5) is 0 Å². The van der Waals surface area contributed by atoms with Gasteiger partial charge in [-0.05, 0) is 0 Å². The molecule has 16 heavy (non-hydrogen) atoms. The predicted molar refractivity (Wildman–Crippen MR) is 59.0 cm³/mol. The molecule has 0 aliphatic heterocycles. The second-order valence-electron chi connectivity index (χ2n) is 3.12. The molecule has 0 aliphatic rings. The minimum Gasteiger partial charge on any atom is -0.480 e. The number of carbonyl (C=O) groups is 1. The van der Waals surface area contributed by atoms with Crippen LogP contribution in [0, 0.1) is 0 Å². The lowest BCUT2D eigenvalue weighted by Crippen LogP contribution is -2.22. The molecule has 6 nitrogen and oxygen atoms in total. The minimum absolute atomic E-state index is 0.0828. The lowest BCUT2D eigenvalue weighted by Gasteiger charge is -2.03. The Kier molecular flexibility index (Phi) is 3.07. The molecular weight excluding hydrogens is 230 g/mol. The number of nitrogens with zero attached hydrogens (tertiary/aromatic N) is 2. The maximum Gasteiger partial charge on any atom is 0.317 e. The molecule has 0 saturated carbocycles. The largest absolute Gasteiger partial charge is 0.480 e. The third kappa shape index (κ3) is 2.00. The highest BCUT2D eigenvalue weighted by Crippen LogP contribution is 2.22. The van der Waals surface area contributed by atoms with Crippen molar-refractivity contribution >= 4 is 22.3 Å². The van der Waals surface area contributed by atoms with Crippen LogP contribution in [0.3, 0.4) is 0 Å². The number of hydrogen-bond donors (Lipinski definition) is 2. The average Bonchev–Trinajstić information content (AvgIpc) is 2.79. The maximum atomic E-state index is 10.4. The Morgan fingerprint density at radius 3 is 3.25 bits per heavy atom. The molecule has 2 N–H and O–H groups in total. The highest BCUT2D eigenvalue weighted by Gasteiger charge is 2.13. The number of hydrogen-bond acceptors (Lipinski definition) is 5. The fourth-order valence-corrected chi connectivity index (χ4v) is 2.15. The van der Waals surface area contributed by atoms with Crippen LogP contribution in [0.15, 0.2) is 11.6 Å². The molecule has 0 bridgehead atoms. The number of ether oxygens (including phenoxy) is 1. The zero-order valence-electron chi connectivity index (χ0n) is 8.64. The molecule has 2 aromatic rings. The van der Waals surface area contributed by atoms with Crippen molar-refractivity contribution in [1.82, 2.24) is 14.7 Å². The van der Waals surface area contributed by atoms with Gasteiger partial charge in [-0.15, -0.1) is 11.3 Å². The number of nitrogens with one attached hydrogen (secondary N) is 1. The normalized spacial score (nSPS) is 10.8. The number of imidazole rings is 1. The molecule has 7 heteroatoms. The molecule has 86 valence electrons. The minimum atomic E-state index is -0.884. The molecule has 0 amide bonds. The van der Waals surface area contributed by atoms with Gasteiger partial charge in [-0.1, -0.05) is 0 Å². The third-order valence-electron chi connectivity index (χ3n) is 2.09. The van der Waals surface area contributed by atoms with E-state index in [4.69, 9.17) is 9.84 Å². The first-order valence-corrected chi connectivity index (χ1v) is 5.51. The summed E-state index contributed by atoms with van der Waals surface area (Å²) in [7, 11) is 1.55. The molecule has 0 radical (unpaired) electrons. The monoisotopic (exact) mass is 241 g/mol. The fraction of sp³-hybridized carbons (Fsp3) is 0.333. The van der Waals surface area contributed by atoms with Gasteiger partial charge in [0.15, 0.2) is 4.96 Å². The van der Waals surface area contributed by atoms with Gasteiger partial charge < -0.3 is 15.2 Å². The first kappa shape index (κ1) is 10.9. The van der Waals surface area contributed by atoms with Crippen molar-refractivity contribution in [2.45, 2.75) is 6.54 Å². The number of methoxy groups -OCH3 is 1. The van der Waals surface area contributed by atoms with Crippen LogP contribution in [0.1, 0.15) is 5.69 Å². The predicted octanol–water partition coefficient (Wildman–Crippen LogP) is 0.579. The van der Waals surface area contributed by atoms with Gasteiger partial charge in [0.25, 0.3) is 0 Å². The van der Waals surface area contributed by atoms with Crippen molar-refractivity contribution in [2.24, 2.45) is 0 Å². The molecule has 0 aliphatic carbocycles. The van der Waals surface area contributed by atoms with E-state index in [0.717, 1.165) is 10.7 Å². The van der Waals surface area contributed by atoms with Gasteiger partial charge in [-0.3, -0.25) is 9.20 Å². The van der Waals surface area contributed by atoms with E-state index in [1.807, 2.05) is 16.0 Å². The topological polar surface area (TPSA) is 75.9 Å². The first-order valence-electron chi connectivity index (χ1n) is 4.63. The number of fused-ring (bicyclic) bond motifs is 1. The summed E-state index contributed by atoms with van der Waals surface area (Å²) in [6.45, 7) is 0.327. The van der Waals surface area contributed by atoms with Crippen molar-refractivity contribution in [3.05, 3.63) is 17.3 Å². The third-order valence-corrected chi connectivity index (χ3v) is 2.84. The highest BCUT2D eigenvalue weighted by molar-refractivity contribution is 7.15. The molecule has 2 aromatic heterocycles. The Hall–Kier alpha value is -1.60. The number of carboxylic acids is 1. The number of carboxylic acid groups (broad SMARTS) is 1. The Labute approximate surface area is 95.5 Å². The summed E-state index contributed by atoms with van der Waals surface area (Å²) >= 11 is 1.51. The Bertz CT molecular complexity index is 505. The Morgan fingerprint density at radius 2 is 2.56 bits per heavy atom. The van der Waals surface area contributed by atoms with Crippen molar-refractivity contribution in [2.75, 3.05) is 13.7 Å². The van der Waals surface area contributed by atoms with Crippen LogP contribution in [-0.4, -0.2) is 34.1 Å². The van der Waals surface area contributed by atoms with Gasteiger partial charge in [-0.25, -0.2) is 0 Å². The first-order chi connectivity index (χ1) is 7.72. The summed E-state index contributed by atoms with van der Waals surface area (Å²) in [5, 5.41) is 13.3. The van der Waals surface area contributed by atoms with Crippen molar-refractivity contribution in [3.8, 4) is 5.88 Å². The molecule has 0 atom stereocenters. The van der Waals surface area contributed by atoms with Crippen LogP contribution in [-0.2, 0) is 11.3 Å². The summed E-state index contributed by atoms with van der Waals surface area (Å²) in [6, 6.07) is 0. The van der Waals surface area contributed by atoms with Crippen LogP contribution >= 0.6 is 11.3 Å². The molecular formula is C9H11N3O3S. The SMILES string of the molecule is COc1nc2sccn2c1CNCC(=O)O. The number of rotatable bonds is 5. The van der Waals surface area contributed by atoms with Crippen LogP contribution in [0.5, 0.6) is 5.88 Å². The van der Waals surface area contributed by atoms with E-state index >= 15 is 0 Å². The van der Waals surface area contributed by atoms with Gasteiger partial charge in [0.1, 0.15) is 5.69 Å². The van der Waals surface area contributed by atoms with Crippen LogP contribution < -0.4 is 10.1 Å². The van der Waals surface area contributed by atoms with Crippen LogP contribution in [0.25, 0.3) is 4.96 Å². The van der Waals surface area contributed by atoms with Gasteiger partial charge in [-0.2, -0.15) is 4.98 Å². The maximum absolute atomic E-state index is 10.4. The second kappa shape index (κ2) is 4.50. The van der Waals surface area contributed by atoms with E-state index in [1.54, 1.807) is 7.11 Å². The molecule has 0 spiro atoms. The van der Waals surface area contributed by atoms with E-state index in [9.17, 15) is 4.79 Å². The lowest BCUT2D eigenvalue weighted by molar-refractivity contribution is -0.136. The molecule has 0 unspecified atom stereocenters. The van der Waals surface area contributed by atoms with Crippen molar-refractivity contribution in [1.29, 1.82) is 0 Å². The Balaban J connectivity index is 2.19. The highest BCUT2D eigenvalue weighted by atomic mass is 32.1. The zero-order chi connectivity index (χ0) is 11.5. The standard InChI is InChI=1S/C9H11N3O3S/c1-15-8-6(4-10-5-7(13)14)12-2-3-16-9(12)11-8/h2-3,10H,4-5H2,1H3,(H,13,14). The molecule has 0 aromatic carbocycles. The van der Waals surface area contributed by atoms with E-state index in [-0.39, 0.29) is 6.54 Å². The summed E-state index contributed by atoms with van der Waals surface area (Å²) in [5.74, 6) is -0.352. The summed E-state index contributed by atoms with van der Waals surface area (Å²) in [4.78, 5) is 15.5. The fourth-order valence-electron chi connectivity index (χ4n) is 1.42. The van der Waals surface area contributed by atoms with Crippen molar-refractivity contribution < 1.29 is 14.6 Å². The molecule has 2 rings (SSSR count). The molecule has 2 heterocycles. The smallest absolute Gasteiger partial charge is 0.317 e. The van der Waals surface area contributed by atoms with Gasteiger partial charge in [0.05, 0.1) is 13.7 Å². The van der Waals surface area contributed by atoms with E-state index in [0.29, 0.717) is 12.4 Å². The van der Waals surface area contributed by atoms with E-state index in [1.165, 1.54) is 11.3 Å². The number of thiazole rings is 1. The Morgan fingerprint density at radius 1 is 1.75 bits per heavy atom.